The number of hydrogen-bond donors (Lipinski definition) is 1. The summed E-state index contributed by atoms with van der Waals surface area (Å²) in [7, 11) is 0. The molecule has 1 atom stereocenters. The predicted octanol–water partition coefficient (Wildman–Crippen LogP) is 4.98. The lowest BCUT2D eigenvalue weighted by Crippen LogP contribution is -2.33. The molecule has 0 aliphatic heterocycles. The Bertz CT molecular complexity index is 837. The van der Waals surface area contributed by atoms with Gasteiger partial charge < -0.3 is 5.32 Å². The second-order valence-corrected chi connectivity index (χ2v) is 7.23. The third kappa shape index (κ3) is 5.20. The van der Waals surface area contributed by atoms with Gasteiger partial charge in [0.05, 0.1) is 5.56 Å². The molecule has 26 heavy (non-hydrogen) atoms. The molecule has 3 rings (SSSR count). The first-order chi connectivity index (χ1) is 12.7. The number of aryl methyl sites for hydroxylation is 1. The lowest BCUT2D eigenvalue weighted by atomic mass is 10.1. The number of nitrogens with zero attached hydrogens (tertiary/aromatic N) is 1. The van der Waals surface area contributed by atoms with Gasteiger partial charge in [-0.1, -0.05) is 60.3 Å². The minimum absolute atomic E-state index is 0.0721. The van der Waals surface area contributed by atoms with Crippen LogP contribution in [0.4, 0.5) is 0 Å². The van der Waals surface area contributed by atoms with E-state index < -0.39 is 0 Å². The number of carbonyl (C=O) groups is 1. The van der Waals surface area contributed by atoms with Crippen molar-refractivity contribution in [3.05, 3.63) is 90.1 Å². The maximum atomic E-state index is 12.7. The summed E-state index contributed by atoms with van der Waals surface area (Å²) >= 11 is 1.51. The van der Waals surface area contributed by atoms with E-state index in [1.54, 1.807) is 12.3 Å². The summed E-state index contributed by atoms with van der Waals surface area (Å²) in [5.41, 5.74) is 1.91. The van der Waals surface area contributed by atoms with Gasteiger partial charge in [0.15, 0.2) is 0 Å². The van der Waals surface area contributed by atoms with Gasteiger partial charge in [-0.3, -0.25) is 4.79 Å². The van der Waals surface area contributed by atoms with Crippen molar-refractivity contribution in [3.8, 4) is 0 Å². The quantitative estimate of drug-likeness (QED) is 0.644. The standard InChI is InChI=1S/C22H22N2OS/c1-17(14-15-18-9-4-2-5-10-18)24-21(25)20-13-8-16-23-22(20)26-19-11-6-3-7-12-19/h2-13,16-17H,14-15H2,1H3,(H,24,25)/t17-/m0/s1. The van der Waals surface area contributed by atoms with Crippen molar-refractivity contribution in [2.24, 2.45) is 0 Å². The monoisotopic (exact) mass is 362 g/mol. The van der Waals surface area contributed by atoms with Crippen LogP contribution in [0, 0.1) is 0 Å². The van der Waals surface area contributed by atoms with Gasteiger partial charge in [0.1, 0.15) is 5.03 Å². The molecule has 3 aromatic rings. The Morgan fingerprint density at radius 2 is 1.69 bits per heavy atom. The summed E-state index contributed by atoms with van der Waals surface area (Å²) in [5.74, 6) is -0.0721. The van der Waals surface area contributed by atoms with E-state index in [2.05, 4.69) is 22.4 Å². The molecule has 1 heterocycles. The van der Waals surface area contributed by atoms with Gasteiger partial charge in [0.25, 0.3) is 5.91 Å². The van der Waals surface area contributed by atoms with Gasteiger partial charge in [0, 0.05) is 17.1 Å². The van der Waals surface area contributed by atoms with Crippen LogP contribution in [-0.2, 0) is 6.42 Å². The van der Waals surface area contributed by atoms with Crippen molar-refractivity contribution in [3.63, 3.8) is 0 Å². The Hall–Kier alpha value is -2.59. The smallest absolute Gasteiger partial charge is 0.254 e. The van der Waals surface area contributed by atoms with Crippen LogP contribution in [0.1, 0.15) is 29.3 Å². The zero-order chi connectivity index (χ0) is 18.2. The number of rotatable bonds is 7. The van der Waals surface area contributed by atoms with Gasteiger partial charge in [-0.25, -0.2) is 4.98 Å². The molecule has 0 saturated carbocycles. The number of hydrogen-bond acceptors (Lipinski definition) is 3. The van der Waals surface area contributed by atoms with E-state index in [1.807, 2.05) is 61.5 Å². The van der Waals surface area contributed by atoms with E-state index in [1.165, 1.54) is 17.3 Å². The minimum Gasteiger partial charge on any atom is -0.349 e. The molecule has 1 amide bonds. The van der Waals surface area contributed by atoms with Crippen LogP contribution in [0.15, 0.2) is 88.9 Å². The highest BCUT2D eigenvalue weighted by Gasteiger charge is 2.15. The van der Waals surface area contributed by atoms with E-state index in [0.717, 1.165) is 22.8 Å². The third-order valence-electron chi connectivity index (χ3n) is 4.06. The van der Waals surface area contributed by atoms with Crippen molar-refractivity contribution in [1.82, 2.24) is 10.3 Å². The van der Waals surface area contributed by atoms with E-state index >= 15 is 0 Å². The van der Waals surface area contributed by atoms with E-state index in [0.29, 0.717) is 5.56 Å². The molecule has 2 aromatic carbocycles. The second-order valence-electron chi connectivity index (χ2n) is 6.17. The van der Waals surface area contributed by atoms with Crippen molar-refractivity contribution in [1.29, 1.82) is 0 Å². The first kappa shape index (κ1) is 18.2. The number of pyridine rings is 1. The highest BCUT2D eigenvalue weighted by molar-refractivity contribution is 7.99. The predicted molar refractivity (Wildman–Crippen MR) is 106 cm³/mol. The van der Waals surface area contributed by atoms with Gasteiger partial charge in [-0.05, 0) is 49.6 Å². The van der Waals surface area contributed by atoms with Crippen LogP contribution in [0.2, 0.25) is 0 Å². The van der Waals surface area contributed by atoms with Crippen molar-refractivity contribution >= 4 is 17.7 Å². The van der Waals surface area contributed by atoms with Crippen LogP contribution in [0.25, 0.3) is 0 Å². The molecular formula is C22H22N2OS. The fourth-order valence-electron chi connectivity index (χ4n) is 2.65. The maximum Gasteiger partial charge on any atom is 0.254 e. The fourth-order valence-corrected chi connectivity index (χ4v) is 3.55. The molecule has 0 saturated heterocycles. The summed E-state index contributed by atoms with van der Waals surface area (Å²) in [5, 5.41) is 3.83. The Morgan fingerprint density at radius 3 is 2.42 bits per heavy atom. The van der Waals surface area contributed by atoms with Gasteiger partial charge in [-0.2, -0.15) is 0 Å². The molecule has 0 fully saturated rings. The molecule has 0 unspecified atom stereocenters. The molecule has 3 nitrogen and oxygen atoms in total. The van der Waals surface area contributed by atoms with Crippen LogP contribution >= 0.6 is 11.8 Å². The second kappa shape index (κ2) is 9.20. The molecule has 0 radical (unpaired) electrons. The van der Waals surface area contributed by atoms with Crippen molar-refractivity contribution in [2.45, 2.75) is 35.7 Å². The highest BCUT2D eigenvalue weighted by Crippen LogP contribution is 2.28. The molecule has 0 aliphatic rings. The average Bonchev–Trinajstić information content (AvgIpc) is 2.68. The molecule has 132 valence electrons. The van der Waals surface area contributed by atoms with Crippen LogP contribution in [0.5, 0.6) is 0 Å². The van der Waals surface area contributed by atoms with E-state index in [-0.39, 0.29) is 11.9 Å². The SMILES string of the molecule is C[C@@H](CCc1ccccc1)NC(=O)c1cccnc1Sc1ccccc1. The van der Waals surface area contributed by atoms with E-state index in [4.69, 9.17) is 0 Å². The number of aromatic nitrogens is 1. The maximum absolute atomic E-state index is 12.7. The van der Waals surface area contributed by atoms with Gasteiger partial charge >= 0.3 is 0 Å². The van der Waals surface area contributed by atoms with Gasteiger partial charge in [0.2, 0.25) is 0 Å². The van der Waals surface area contributed by atoms with E-state index in [9.17, 15) is 4.79 Å². The summed E-state index contributed by atoms with van der Waals surface area (Å²) in [6.07, 6.45) is 3.57. The number of nitrogens with one attached hydrogen (secondary N) is 1. The number of benzene rings is 2. The molecule has 1 aromatic heterocycles. The average molecular weight is 362 g/mol. The summed E-state index contributed by atoms with van der Waals surface area (Å²) < 4.78 is 0. The van der Waals surface area contributed by atoms with Gasteiger partial charge in [-0.15, -0.1) is 0 Å². The summed E-state index contributed by atoms with van der Waals surface area (Å²) in [4.78, 5) is 18.2. The Morgan fingerprint density at radius 1 is 1.00 bits per heavy atom. The Labute approximate surface area is 158 Å². The largest absolute Gasteiger partial charge is 0.349 e. The first-order valence-electron chi connectivity index (χ1n) is 8.75. The van der Waals surface area contributed by atoms with Crippen molar-refractivity contribution in [2.75, 3.05) is 0 Å². The van der Waals surface area contributed by atoms with Crippen LogP contribution < -0.4 is 5.32 Å². The Kier molecular flexibility index (Phi) is 6.45. The zero-order valence-electron chi connectivity index (χ0n) is 14.8. The highest BCUT2D eigenvalue weighted by atomic mass is 32.2. The number of amides is 1. The zero-order valence-corrected chi connectivity index (χ0v) is 15.6. The minimum atomic E-state index is -0.0721. The third-order valence-corrected chi connectivity index (χ3v) is 5.09. The fraction of sp³-hybridized carbons (Fsp3) is 0.182. The van der Waals surface area contributed by atoms with Crippen LogP contribution in [0.3, 0.4) is 0 Å². The Balaban J connectivity index is 1.62. The first-order valence-corrected chi connectivity index (χ1v) is 9.57. The molecule has 0 spiro atoms. The molecule has 1 N–H and O–H groups in total. The summed E-state index contributed by atoms with van der Waals surface area (Å²) in [6.45, 7) is 2.04. The molecule has 4 heteroatoms. The lowest BCUT2D eigenvalue weighted by Gasteiger charge is -2.15. The normalized spacial score (nSPS) is 11.7. The summed E-state index contributed by atoms with van der Waals surface area (Å²) in [6, 6.07) is 24.0. The molecular weight excluding hydrogens is 340 g/mol. The van der Waals surface area contributed by atoms with Crippen molar-refractivity contribution < 1.29 is 4.79 Å². The number of carbonyl (C=O) groups excluding carboxylic acids is 1. The topological polar surface area (TPSA) is 42.0 Å². The van der Waals surface area contributed by atoms with Crippen LogP contribution in [-0.4, -0.2) is 16.9 Å². The lowest BCUT2D eigenvalue weighted by molar-refractivity contribution is 0.0934. The molecule has 0 bridgehead atoms. The molecule has 0 aliphatic carbocycles.